The van der Waals surface area contributed by atoms with E-state index in [0.717, 1.165) is 16.6 Å². The van der Waals surface area contributed by atoms with Crippen LogP contribution in [-0.4, -0.2) is 24.2 Å². The number of hydrogen-bond donors (Lipinski definition) is 2. The highest BCUT2D eigenvalue weighted by Crippen LogP contribution is 2.25. The molecule has 3 nitrogen and oxygen atoms in total. The summed E-state index contributed by atoms with van der Waals surface area (Å²) in [6.45, 7) is 4.69. The van der Waals surface area contributed by atoms with Crippen molar-refractivity contribution in [2.75, 3.05) is 13.2 Å². The highest BCUT2D eigenvalue weighted by Gasteiger charge is 2.26. The molecule has 0 saturated heterocycles. The lowest BCUT2D eigenvalue weighted by Gasteiger charge is -2.29. The summed E-state index contributed by atoms with van der Waals surface area (Å²) in [6, 6.07) is 1.80. The summed E-state index contributed by atoms with van der Waals surface area (Å²) >= 11 is 4.82. The van der Waals surface area contributed by atoms with Crippen molar-refractivity contribution >= 4 is 33.2 Å². The fraction of sp³-hybridized carbons (Fsp3) is 0.583. The molecule has 0 atom stereocenters. The molecule has 1 rings (SSSR count). The van der Waals surface area contributed by atoms with Crippen molar-refractivity contribution in [1.29, 1.82) is 0 Å². The maximum absolute atomic E-state index is 11.8. The first-order chi connectivity index (χ1) is 8.06. The van der Waals surface area contributed by atoms with Crippen LogP contribution in [-0.2, 0) is 0 Å². The zero-order valence-corrected chi connectivity index (χ0v) is 12.5. The first-order valence-corrected chi connectivity index (χ1v) is 7.37. The zero-order chi connectivity index (χ0) is 12.9. The van der Waals surface area contributed by atoms with Gasteiger partial charge in [0, 0.05) is 17.3 Å². The molecule has 0 fully saturated rings. The van der Waals surface area contributed by atoms with Crippen LogP contribution in [0.3, 0.4) is 0 Å². The smallest absolute Gasteiger partial charge is 0.252 e. The second-order valence-electron chi connectivity index (χ2n) is 4.19. The normalized spacial score (nSPS) is 11.5. The Morgan fingerprint density at radius 1 is 1.53 bits per heavy atom. The Hall–Kier alpha value is -0.390. The summed E-state index contributed by atoms with van der Waals surface area (Å²) in [5.74, 6) is -0.0772. The van der Waals surface area contributed by atoms with Crippen molar-refractivity contribution < 1.29 is 9.90 Å². The van der Waals surface area contributed by atoms with Crippen LogP contribution in [0.1, 0.15) is 37.0 Å². The molecule has 0 aliphatic heterocycles. The molecular formula is C12H18BrNO2S. The third kappa shape index (κ3) is 3.79. The van der Waals surface area contributed by atoms with Crippen molar-refractivity contribution in [3.05, 3.63) is 20.8 Å². The van der Waals surface area contributed by atoms with Gasteiger partial charge >= 0.3 is 0 Å². The average Bonchev–Trinajstić information content (AvgIpc) is 2.78. The maximum atomic E-state index is 11.8. The third-order valence-corrected chi connectivity index (χ3v) is 4.79. The first kappa shape index (κ1) is 14.7. The molecule has 0 spiro atoms. The van der Waals surface area contributed by atoms with E-state index in [0.29, 0.717) is 12.1 Å². The Labute approximate surface area is 114 Å². The van der Waals surface area contributed by atoms with Crippen LogP contribution >= 0.6 is 27.3 Å². The van der Waals surface area contributed by atoms with Crippen LogP contribution in [0.4, 0.5) is 0 Å². The van der Waals surface area contributed by atoms with Crippen molar-refractivity contribution in [2.45, 2.75) is 26.7 Å². The Morgan fingerprint density at radius 3 is 2.59 bits per heavy atom. The topological polar surface area (TPSA) is 49.3 Å². The van der Waals surface area contributed by atoms with Crippen LogP contribution in [0.15, 0.2) is 15.2 Å². The summed E-state index contributed by atoms with van der Waals surface area (Å²) < 4.78 is 0.946. The molecule has 96 valence electrons. The Morgan fingerprint density at radius 2 is 2.18 bits per heavy atom. The second-order valence-corrected chi connectivity index (χ2v) is 6.48. The summed E-state index contributed by atoms with van der Waals surface area (Å²) in [4.78, 5) is 11.8. The van der Waals surface area contributed by atoms with Crippen LogP contribution < -0.4 is 5.32 Å². The molecule has 1 amide bonds. The fourth-order valence-electron chi connectivity index (χ4n) is 1.58. The van der Waals surface area contributed by atoms with Gasteiger partial charge in [-0.25, -0.2) is 0 Å². The minimum Gasteiger partial charge on any atom is -0.396 e. The van der Waals surface area contributed by atoms with Gasteiger partial charge in [0.2, 0.25) is 0 Å². The highest BCUT2D eigenvalue weighted by atomic mass is 79.9. The summed E-state index contributed by atoms with van der Waals surface area (Å²) in [5, 5.41) is 14.1. The van der Waals surface area contributed by atoms with Gasteiger partial charge in [0.25, 0.3) is 5.91 Å². The van der Waals surface area contributed by atoms with Gasteiger partial charge in [-0.1, -0.05) is 13.8 Å². The first-order valence-electron chi connectivity index (χ1n) is 5.70. The minimum absolute atomic E-state index is 0.0772. The molecular weight excluding hydrogens is 302 g/mol. The van der Waals surface area contributed by atoms with Crippen LogP contribution in [0.5, 0.6) is 0 Å². The van der Waals surface area contributed by atoms with Crippen molar-refractivity contribution in [1.82, 2.24) is 5.32 Å². The number of carbonyl (C=O) groups is 1. The van der Waals surface area contributed by atoms with E-state index in [4.69, 9.17) is 0 Å². The molecule has 0 aliphatic carbocycles. The van der Waals surface area contributed by atoms with E-state index in [1.54, 1.807) is 6.07 Å². The fourth-order valence-corrected chi connectivity index (χ4v) is 2.72. The molecule has 1 aromatic heterocycles. The number of nitrogens with one attached hydrogen (secondary N) is 1. The number of rotatable bonds is 6. The monoisotopic (exact) mass is 319 g/mol. The molecule has 5 heteroatoms. The number of carbonyl (C=O) groups excluding carboxylic acids is 1. The SMILES string of the molecule is CCC(CC)(CO)CNC(=O)c1csc(Br)c1. The molecule has 0 aliphatic rings. The number of halogens is 1. The van der Waals surface area contributed by atoms with Crippen molar-refractivity contribution in [3.63, 3.8) is 0 Å². The standard InChI is InChI=1S/C12H18BrNO2S/c1-3-12(4-2,8-15)7-14-11(16)9-5-10(13)17-6-9/h5-6,15H,3-4,7-8H2,1-2H3,(H,14,16). The Kier molecular flexibility index (Phi) is 5.62. The van der Waals surface area contributed by atoms with Gasteiger partial charge in [-0.05, 0) is 34.8 Å². The Bertz CT molecular complexity index is 366. The molecule has 0 radical (unpaired) electrons. The molecule has 0 unspecified atom stereocenters. The number of aliphatic hydroxyl groups is 1. The van der Waals surface area contributed by atoms with E-state index in [1.165, 1.54) is 11.3 Å². The molecule has 0 saturated carbocycles. The lowest BCUT2D eigenvalue weighted by atomic mass is 9.83. The largest absolute Gasteiger partial charge is 0.396 e. The molecule has 0 bridgehead atoms. The predicted molar refractivity (Wildman–Crippen MR) is 74.5 cm³/mol. The van der Waals surface area contributed by atoms with Crippen molar-refractivity contribution in [2.24, 2.45) is 5.41 Å². The van der Waals surface area contributed by atoms with Gasteiger partial charge in [0.1, 0.15) is 0 Å². The van der Waals surface area contributed by atoms with E-state index >= 15 is 0 Å². The van der Waals surface area contributed by atoms with Gasteiger partial charge in [-0.15, -0.1) is 11.3 Å². The minimum atomic E-state index is -0.192. The van der Waals surface area contributed by atoms with Crippen LogP contribution in [0, 0.1) is 5.41 Å². The van der Waals surface area contributed by atoms with Crippen molar-refractivity contribution in [3.8, 4) is 0 Å². The van der Waals surface area contributed by atoms with E-state index in [2.05, 4.69) is 21.2 Å². The summed E-state index contributed by atoms with van der Waals surface area (Å²) in [6.07, 6.45) is 1.71. The molecule has 17 heavy (non-hydrogen) atoms. The van der Waals surface area contributed by atoms with E-state index < -0.39 is 0 Å². The van der Waals surface area contributed by atoms with Crippen LogP contribution in [0.25, 0.3) is 0 Å². The second kappa shape index (κ2) is 6.52. The van der Waals surface area contributed by atoms with E-state index in [9.17, 15) is 9.90 Å². The van der Waals surface area contributed by atoms with E-state index in [-0.39, 0.29) is 17.9 Å². The maximum Gasteiger partial charge on any atom is 0.252 e. The zero-order valence-electron chi connectivity index (χ0n) is 10.1. The quantitative estimate of drug-likeness (QED) is 0.846. The average molecular weight is 320 g/mol. The molecule has 2 N–H and O–H groups in total. The lowest BCUT2D eigenvalue weighted by molar-refractivity contribution is 0.0851. The van der Waals surface area contributed by atoms with Gasteiger partial charge in [0.15, 0.2) is 0 Å². The molecule has 1 heterocycles. The van der Waals surface area contributed by atoms with Crippen LogP contribution in [0.2, 0.25) is 0 Å². The number of thiophene rings is 1. The number of hydrogen-bond acceptors (Lipinski definition) is 3. The van der Waals surface area contributed by atoms with E-state index in [1.807, 2.05) is 19.2 Å². The van der Waals surface area contributed by atoms with Gasteiger partial charge in [-0.2, -0.15) is 0 Å². The molecule has 0 aromatic carbocycles. The van der Waals surface area contributed by atoms with Gasteiger partial charge < -0.3 is 10.4 Å². The highest BCUT2D eigenvalue weighted by molar-refractivity contribution is 9.11. The lowest BCUT2D eigenvalue weighted by Crippen LogP contribution is -2.39. The summed E-state index contributed by atoms with van der Waals surface area (Å²) in [5.41, 5.74) is 0.476. The number of amides is 1. The predicted octanol–water partition coefficient (Wildman–Crippen LogP) is 3.04. The Balaban J connectivity index is 2.58. The molecule has 1 aromatic rings. The van der Waals surface area contributed by atoms with Gasteiger partial charge in [-0.3, -0.25) is 4.79 Å². The van der Waals surface area contributed by atoms with Gasteiger partial charge in [0.05, 0.1) is 16.0 Å². The third-order valence-electron chi connectivity index (χ3n) is 3.29. The summed E-state index contributed by atoms with van der Waals surface area (Å²) in [7, 11) is 0. The number of aliphatic hydroxyl groups excluding tert-OH is 1.